The van der Waals surface area contributed by atoms with E-state index in [0.717, 1.165) is 19.4 Å². The van der Waals surface area contributed by atoms with Gasteiger partial charge in [0, 0.05) is 12.2 Å². The topological polar surface area (TPSA) is 53.6 Å². The van der Waals surface area contributed by atoms with Gasteiger partial charge in [-0.1, -0.05) is 59.8 Å². The number of nitrogens with zero attached hydrogens (tertiary/aromatic N) is 2. The first-order chi connectivity index (χ1) is 11.4. The SMILES string of the molecule is c1c[nH]nn1.c1ccc(CCC2NCCc3ccccc32)cc1. The van der Waals surface area contributed by atoms with Crippen LogP contribution in [0.4, 0.5) is 0 Å². The van der Waals surface area contributed by atoms with Crippen molar-refractivity contribution in [2.24, 2.45) is 0 Å². The molecule has 2 aromatic carbocycles. The summed E-state index contributed by atoms with van der Waals surface area (Å²) in [6.45, 7) is 1.11. The molecule has 1 aromatic heterocycles. The summed E-state index contributed by atoms with van der Waals surface area (Å²) in [5.74, 6) is 0. The van der Waals surface area contributed by atoms with Gasteiger partial charge in [-0.05, 0) is 42.5 Å². The molecule has 4 rings (SSSR count). The van der Waals surface area contributed by atoms with Crippen molar-refractivity contribution >= 4 is 0 Å². The van der Waals surface area contributed by atoms with Crippen molar-refractivity contribution in [1.29, 1.82) is 0 Å². The molecule has 4 heteroatoms. The molecule has 2 N–H and O–H groups in total. The maximum absolute atomic E-state index is 3.65. The molecule has 0 bridgehead atoms. The van der Waals surface area contributed by atoms with Crippen molar-refractivity contribution in [3.8, 4) is 0 Å². The van der Waals surface area contributed by atoms with Gasteiger partial charge in [-0.25, -0.2) is 0 Å². The summed E-state index contributed by atoms with van der Waals surface area (Å²) >= 11 is 0. The third-order valence-electron chi connectivity index (χ3n) is 4.11. The summed E-state index contributed by atoms with van der Waals surface area (Å²) < 4.78 is 0. The van der Waals surface area contributed by atoms with Crippen LogP contribution in [0.15, 0.2) is 67.0 Å². The molecule has 1 atom stereocenters. The Kier molecular flexibility index (Phi) is 5.53. The molecule has 118 valence electrons. The van der Waals surface area contributed by atoms with Crippen molar-refractivity contribution in [2.75, 3.05) is 6.54 Å². The smallest absolute Gasteiger partial charge is 0.0690 e. The van der Waals surface area contributed by atoms with Gasteiger partial charge in [0.25, 0.3) is 0 Å². The maximum Gasteiger partial charge on any atom is 0.0690 e. The summed E-state index contributed by atoms with van der Waals surface area (Å²) in [6, 6.07) is 20.1. The number of hydrogen-bond acceptors (Lipinski definition) is 3. The summed E-state index contributed by atoms with van der Waals surface area (Å²) in [5.41, 5.74) is 4.45. The minimum atomic E-state index is 0.523. The molecule has 0 fully saturated rings. The van der Waals surface area contributed by atoms with Crippen LogP contribution in [0.1, 0.15) is 29.2 Å². The average molecular weight is 306 g/mol. The maximum atomic E-state index is 3.65. The van der Waals surface area contributed by atoms with Crippen molar-refractivity contribution in [1.82, 2.24) is 20.7 Å². The molecule has 0 saturated carbocycles. The van der Waals surface area contributed by atoms with E-state index < -0.39 is 0 Å². The highest BCUT2D eigenvalue weighted by molar-refractivity contribution is 5.32. The normalized spacial score (nSPS) is 16.1. The van der Waals surface area contributed by atoms with Crippen LogP contribution in [-0.4, -0.2) is 22.0 Å². The van der Waals surface area contributed by atoms with Gasteiger partial charge in [0.1, 0.15) is 0 Å². The van der Waals surface area contributed by atoms with Crippen LogP contribution in [0.25, 0.3) is 0 Å². The van der Waals surface area contributed by atoms with Crippen molar-refractivity contribution in [3.05, 3.63) is 83.7 Å². The zero-order chi connectivity index (χ0) is 15.7. The van der Waals surface area contributed by atoms with Crippen LogP contribution in [0.3, 0.4) is 0 Å². The van der Waals surface area contributed by atoms with E-state index in [2.05, 4.69) is 75.3 Å². The van der Waals surface area contributed by atoms with Gasteiger partial charge < -0.3 is 5.32 Å². The van der Waals surface area contributed by atoms with Gasteiger partial charge in [-0.15, -0.1) is 5.10 Å². The fourth-order valence-corrected chi connectivity index (χ4v) is 2.97. The molecule has 0 radical (unpaired) electrons. The number of nitrogens with one attached hydrogen (secondary N) is 2. The Morgan fingerprint density at radius 1 is 1.00 bits per heavy atom. The Balaban J connectivity index is 0.000000267. The first-order valence-corrected chi connectivity index (χ1v) is 8.09. The van der Waals surface area contributed by atoms with E-state index in [1.165, 1.54) is 23.1 Å². The van der Waals surface area contributed by atoms with E-state index in [1.807, 2.05) is 0 Å². The van der Waals surface area contributed by atoms with E-state index in [1.54, 1.807) is 12.4 Å². The van der Waals surface area contributed by atoms with Crippen LogP contribution in [-0.2, 0) is 12.8 Å². The highest BCUT2D eigenvalue weighted by atomic mass is 15.3. The van der Waals surface area contributed by atoms with Crippen LogP contribution >= 0.6 is 0 Å². The number of aromatic nitrogens is 3. The van der Waals surface area contributed by atoms with Crippen LogP contribution in [0, 0.1) is 0 Å². The highest BCUT2D eigenvalue weighted by Crippen LogP contribution is 2.26. The van der Waals surface area contributed by atoms with Crippen LogP contribution in [0.5, 0.6) is 0 Å². The van der Waals surface area contributed by atoms with E-state index in [9.17, 15) is 0 Å². The minimum Gasteiger partial charge on any atom is -0.310 e. The van der Waals surface area contributed by atoms with Gasteiger partial charge in [-0.3, -0.25) is 5.10 Å². The molecule has 3 aromatic rings. The third-order valence-corrected chi connectivity index (χ3v) is 4.11. The second-order valence-corrected chi connectivity index (χ2v) is 5.64. The summed E-state index contributed by atoms with van der Waals surface area (Å²) in [7, 11) is 0. The lowest BCUT2D eigenvalue weighted by molar-refractivity contribution is 0.475. The molecule has 1 aliphatic heterocycles. The van der Waals surface area contributed by atoms with Gasteiger partial charge in [0.05, 0.1) is 6.20 Å². The van der Waals surface area contributed by atoms with E-state index in [4.69, 9.17) is 0 Å². The molecule has 2 heterocycles. The number of aromatic amines is 1. The molecule has 1 aliphatic rings. The lowest BCUT2D eigenvalue weighted by Gasteiger charge is -2.27. The van der Waals surface area contributed by atoms with Gasteiger partial charge in [0.15, 0.2) is 0 Å². The number of fused-ring (bicyclic) bond motifs is 1. The Morgan fingerprint density at radius 3 is 2.57 bits per heavy atom. The Hall–Kier alpha value is -2.46. The number of hydrogen-bond donors (Lipinski definition) is 2. The molecular formula is C19H22N4. The first-order valence-electron chi connectivity index (χ1n) is 8.09. The van der Waals surface area contributed by atoms with Gasteiger partial charge in [-0.2, -0.15) is 0 Å². The number of rotatable bonds is 3. The summed E-state index contributed by atoms with van der Waals surface area (Å²) in [4.78, 5) is 0. The Labute approximate surface area is 137 Å². The number of aryl methyl sites for hydroxylation is 1. The number of H-pyrrole nitrogens is 1. The molecule has 0 saturated heterocycles. The molecular weight excluding hydrogens is 284 g/mol. The molecule has 0 amide bonds. The lowest BCUT2D eigenvalue weighted by Crippen LogP contribution is -2.30. The number of benzene rings is 2. The molecule has 4 nitrogen and oxygen atoms in total. The Bertz CT molecular complexity index is 662. The van der Waals surface area contributed by atoms with Crippen molar-refractivity contribution in [2.45, 2.75) is 25.3 Å². The third kappa shape index (κ3) is 4.50. The molecule has 0 spiro atoms. The standard InChI is InChI=1S/C17H19N.C2H3N3/c1-2-6-14(7-3-1)10-11-17-16-9-5-4-8-15(16)12-13-18-17;1-2-4-5-3-1/h1-9,17-18H,10-13H2;1-2H,(H,3,4,5). The summed E-state index contributed by atoms with van der Waals surface area (Å²) in [6.07, 6.45) is 6.73. The Morgan fingerprint density at radius 2 is 1.83 bits per heavy atom. The second-order valence-electron chi connectivity index (χ2n) is 5.64. The summed E-state index contributed by atoms with van der Waals surface area (Å²) in [5, 5.41) is 12.9. The van der Waals surface area contributed by atoms with Gasteiger partial charge in [0.2, 0.25) is 0 Å². The van der Waals surface area contributed by atoms with E-state index in [-0.39, 0.29) is 0 Å². The van der Waals surface area contributed by atoms with Crippen LogP contribution < -0.4 is 5.32 Å². The first kappa shape index (κ1) is 15.4. The fourth-order valence-electron chi connectivity index (χ4n) is 2.97. The quantitative estimate of drug-likeness (QED) is 0.780. The average Bonchev–Trinajstić information content (AvgIpc) is 3.21. The zero-order valence-corrected chi connectivity index (χ0v) is 13.2. The predicted octanol–water partition coefficient (Wildman–Crippen LogP) is 3.31. The molecule has 23 heavy (non-hydrogen) atoms. The van der Waals surface area contributed by atoms with Gasteiger partial charge >= 0.3 is 0 Å². The minimum absolute atomic E-state index is 0.523. The lowest BCUT2D eigenvalue weighted by atomic mass is 9.91. The molecule has 1 unspecified atom stereocenters. The van der Waals surface area contributed by atoms with Crippen LogP contribution in [0.2, 0.25) is 0 Å². The van der Waals surface area contributed by atoms with E-state index >= 15 is 0 Å². The predicted molar refractivity (Wildman–Crippen MR) is 92.0 cm³/mol. The fraction of sp³-hybridized carbons (Fsp3) is 0.263. The zero-order valence-electron chi connectivity index (χ0n) is 13.2. The largest absolute Gasteiger partial charge is 0.310 e. The highest BCUT2D eigenvalue weighted by Gasteiger charge is 2.18. The second kappa shape index (κ2) is 8.25. The van der Waals surface area contributed by atoms with Crippen molar-refractivity contribution < 1.29 is 0 Å². The monoisotopic (exact) mass is 306 g/mol. The van der Waals surface area contributed by atoms with Crippen molar-refractivity contribution in [3.63, 3.8) is 0 Å². The van der Waals surface area contributed by atoms with E-state index in [0.29, 0.717) is 6.04 Å². The molecule has 0 aliphatic carbocycles.